The van der Waals surface area contributed by atoms with Crippen LogP contribution >= 0.6 is 0 Å². The number of piperazine rings is 1. The first-order valence-electron chi connectivity index (χ1n) is 9.33. The minimum Gasteiger partial charge on any atom is -0.484 e. The molecular formula is C19H30N4O3. The van der Waals surface area contributed by atoms with Gasteiger partial charge in [-0.2, -0.15) is 0 Å². The largest absolute Gasteiger partial charge is 0.484 e. The lowest BCUT2D eigenvalue weighted by molar-refractivity contribution is -0.127. The Labute approximate surface area is 155 Å². The molecule has 2 rings (SSSR count). The maximum absolute atomic E-state index is 11.8. The quantitative estimate of drug-likeness (QED) is 0.587. The van der Waals surface area contributed by atoms with Crippen molar-refractivity contribution in [2.45, 2.75) is 13.3 Å². The van der Waals surface area contributed by atoms with E-state index >= 15 is 0 Å². The smallest absolute Gasteiger partial charge is 0.258 e. The van der Waals surface area contributed by atoms with Gasteiger partial charge in [0.2, 0.25) is 5.91 Å². The molecule has 1 aliphatic heterocycles. The topological polar surface area (TPSA) is 73.9 Å². The van der Waals surface area contributed by atoms with Crippen molar-refractivity contribution < 1.29 is 14.3 Å². The van der Waals surface area contributed by atoms with E-state index in [1.165, 1.54) is 0 Å². The number of rotatable bonds is 10. The van der Waals surface area contributed by atoms with Crippen molar-refractivity contribution >= 4 is 11.8 Å². The van der Waals surface area contributed by atoms with Crippen molar-refractivity contribution in [3.63, 3.8) is 0 Å². The van der Waals surface area contributed by atoms with Crippen LogP contribution in [-0.2, 0) is 9.59 Å². The summed E-state index contributed by atoms with van der Waals surface area (Å²) in [4.78, 5) is 28.3. The average Bonchev–Trinajstić information content (AvgIpc) is 2.69. The molecule has 0 bridgehead atoms. The summed E-state index contributed by atoms with van der Waals surface area (Å²) in [6.45, 7) is 9.26. The zero-order chi connectivity index (χ0) is 18.6. The van der Waals surface area contributed by atoms with E-state index in [4.69, 9.17) is 4.74 Å². The zero-order valence-corrected chi connectivity index (χ0v) is 15.6. The van der Waals surface area contributed by atoms with Crippen LogP contribution in [0.1, 0.15) is 13.3 Å². The van der Waals surface area contributed by atoms with Gasteiger partial charge in [0.15, 0.2) is 6.61 Å². The van der Waals surface area contributed by atoms with Crippen molar-refractivity contribution in [3.8, 4) is 5.75 Å². The first-order chi connectivity index (χ1) is 12.7. The Morgan fingerprint density at radius 2 is 1.69 bits per heavy atom. The van der Waals surface area contributed by atoms with Crippen molar-refractivity contribution in [1.29, 1.82) is 0 Å². The van der Waals surface area contributed by atoms with Crippen LogP contribution in [0, 0.1) is 0 Å². The molecule has 7 nitrogen and oxygen atoms in total. The van der Waals surface area contributed by atoms with E-state index in [1.54, 1.807) is 12.1 Å². The maximum atomic E-state index is 11.8. The van der Waals surface area contributed by atoms with Gasteiger partial charge in [-0.3, -0.25) is 9.59 Å². The summed E-state index contributed by atoms with van der Waals surface area (Å²) in [6, 6.07) is 9.11. The Morgan fingerprint density at radius 1 is 1.00 bits per heavy atom. The highest BCUT2D eigenvalue weighted by molar-refractivity contribution is 5.85. The van der Waals surface area contributed by atoms with Gasteiger partial charge in [0, 0.05) is 32.7 Å². The van der Waals surface area contributed by atoms with Gasteiger partial charge < -0.3 is 25.2 Å². The van der Waals surface area contributed by atoms with E-state index in [2.05, 4.69) is 27.4 Å². The minimum atomic E-state index is -0.308. The number of carbonyl (C=O) groups excluding carboxylic acids is 2. The molecule has 26 heavy (non-hydrogen) atoms. The molecule has 0 radical (unpaired) electrons. The molecule has 1 heterocycles. The van der Waals surface area contributed by atoms with E-state index in [0.29, 0.717) is 12.3 Å². The molecule has 7 heteroatoms. The normalized spacial score (nSPS) is 15.4. The minimum absolute atomic E-state index is 0.0217. The fourth-order valence-electron chi connectivity index (χ4n) is 2.82. The first-order valence-corrected chi connectivity index (χ1v) is 9.33. The van der Waals surface area contributed by atoms with Crippen molar-refractivity contribution in [1.82, 2.24) is 20.4 Å². The molecule has 0 aromatic heterocycles. The summed E-state index contributed by atoms with van der Waals surface area (Å²) in [7, 11) is 0. The van der Waals surface area contributed by atoms with Gasteiger partial charge in [0.05, 0.1) is 6.54 Å². The predicted octanol–water partition coefficient (Wildman–Crippen LogP) is 0.325. The second-order valence-electron chi connectivity index (χ2n) is 6.36. The number of nitrogens with zero attached hydrogens (tertiary/aromatic N) is 2. The highest BCUT2D eigenvalue weighted by atomic mass is 16.5. The molecule has 1 aromatic carbocycles. The lowest BCUT2D eigenvalue weighted by Gasteiger charge is -2.33. The molecule has 2 N–H and O–H groups in total. The van der Waals surface area contributed by atoms with E-state index in [1.807, 2.05) is 18.2 Å². The number of ether oxygens (including phenoxy) is 1. The van der Waals surface area contributed by atoms with E-state index < -0.39 is 0 Å². The molecule has 0 unspecified atom stereocenters. The molecule has 0 aliphatic carbocycles. The summed E-state index contributed by atoms with van der Waals surface area (Å²) in [5, 5.41) is 5.40. The number of hydrogen-bond acceptors (Lipinski definition) is 5. The van der Waals surface area contributed by atoms with Crippen LogP contribution in [0.4, 0.5) is 0 Å². The van der Waals surface area contributed by atoms with Crippen LogP contribution < -0.4 is 15.4 Å². The second-order valence-corrected chi connectivity index (χ2v) is 6.36. The summed E-state index contributed by atoms with van der Waals surface area (Å²) in [5.41, 5.74) is 0. The Bertz CT molecular complexity index is 545. The van der Waals surface area contributed by atoms with Gasteiger partial charge in [-0.05, 0) is 31.6 Å². The number of para-hydroxylation sites is 1. The van der Waals surface area contributed by atoms with Crippen LogP contribution in [0.15, 0.2) is 30.3 Å². The molecule has 0 spiro atoms. The Kier molecular flexibility index (Phi) is 8.92. The summed E-state index contributed by atoms with van der Waals surface area (Å²) >= 11 is 0. The molecule has 1 saturated heterocycles. The lowest BCUT2D eigenvalue weighted by atomic mass is 10.3. The predicted molar refractivity (Wildman–Crippen MR) is 101 cm³/mol. The highest BCUT2D eigenvalue weighted by Gasteiger charge is 2.14. The summed E-state index contributed by atoms with van der Waals surface area (Å²) in [5.74, 6) is 0.151. The fraction of sp³-hybridized carbons (Fsp3) is 0.579. The van der Waals surface area contributed by atoms with Gasteiger partial charge in [-0.15, -0.1) is 0 Å². The number of benzene rings is 1. The molecule has 1 aliphatic rings. The monoisotopic (exact) mass is 362 g/mol. The number of likely N-dealkylation sites (N-methyl/N-ethyl adjacent to an activating group) is 1. The third-order valence-corrected chi connectivity index (χ3v) is 4.44. The van der Waals surface area contributed by atoms with E-state index in [0.717, 1.165) is 45.7 Å². The Morgan fingerprint density at radius 3 is 2.38 bits per heavy atom. The van der Waals surface area contributed by atoms with E-state index in [-0.39, 0.29) is 25.0 Å². The van der Waals surface area contributed by atoms with Crippen molar-refractivity contribution in [3.05, 3.63) is 30.3 Å². The standard InChI is InChI=1S/C19H30N4O3/c1-2-22-11-13-23(14-12-22)10-6-9-20-18(24)15-21-19(25)16-26-17-7-4-3-5-8-17/h3-5,7-8H,2,6,9-16H2,1H3,(H,20,24)(H,21,25). The van der Waals surface area contributed by atoms with Crippen LogP contribution in [0.2, 0.25) is 0 Å². The molecular weight excluding hydrogens is 332 g/mol. The molecule has 0 saturated carbocycles. The average molecular weight is 362 g/mol. The molecule has 144 valence electrons. The first kappa shape index (κ1) is 20.2. The third kappa shape index (κ3) is 7.84. The molecule has 1 fully saturated rings. The van der Waals surface area contributed by atoms with Crippen LogP contribution in [0.25, 0.3) is 0 Å². The van der Waals surface area contributed by atoms with E-state index in [9.17, 15) is 9.59 Å². The zero-order valence-electron chi connectivity index (χ0n) is 15.6. The van der Waals surface area contributed by atoms with Crippen molar-refractivity contribution in [2.75, 3.05) is 59.0 Å². The maximum Gasteiger partial charge on any atom is 0.258 e. The summed E-state index contributed by atoms with van der Waals surface area (Å²) in [6.07, 6.45) is 0.920. The van der Waals surface area contributed by atoms with Crippen molar-refractivity contribution in [2.24, 2.45) is 0 Å². The molecule has 1 aromatic rings. The lowest BCUT2D eigenvalue weighted by Crippen LogP contribution is -2.46. The van der Waals surface area contributed by atoms with Crippen LogP contribution in [0.3, 0.4) is 0 Å². The highest BCUT2D eigenvalue weighted by Crippen LogP contribution is 2.07. The van der Waals surface area contributed by atoms with Gasteiger partial charge in [0.1, 0.15) is 5.75 Å². The SMILES string of the molecule is CCN1CCN(CCCNC(=O)CNC(=O)COc2ccccc2)CC1. The van der Waals surface area contributed by atoms with Crippen LogP contribution in [-0.4, -0.2) is 80.6 Å². The molecule has 0 atom stereocenters. The Balaban J connectivity index is 1.48. The number of amides is 2. The second kappa shape index (κ2) is 11.5. The number of carbonyl (C=O) groups is 2. The van der Waals surface area contributed by atoms with Gasteiger partial charge in [-0.25, -0.2) is 0 Å². The summed E-state index contributed by atoms with van der Waals surface area (Å²) < 4.78 is 5.33. The van der Waals surface area contributed by atoms with Gasteiger partial charge in [-0.1, -0.05) is 25.1 Å². The Hall–Kier alpha value is -2.12. The van der Waals surface area contributed by atoms with Crippen LogP contribution in [0.5, 0.6) is 5.75 Å². The third-order valence-electron chi connectivity index (χ3n) is 4.44. The molecule has 2 amide bonds. The van der Waals surface area contributed by atoms with Gasteiger partial charge >= 0.3 is 0 Å². The number of hydrogen-bond donors (Lipinski definition) is 2. The number of nitrogens with one attached hydrogen (secondary N) is 2. The fourth-order valence-corrected chi connectivity index (χ4v) is 2.82. The van der Waals surface area contributed by atoms with Gasteiger partial charge in [0.25, 0.3) is 5.91 Å².